The molecular formula is C17H21N3O2S. The van der Waals surface area contributed by atoms with E-state index >= 15 is 0 Å². The van der Waals surface area contributed by atoms with Gasteiger partial charge in [0, 0.05) is 26.2 Å². The van der Waals surface area contributed by atoms with Crippen LogP contribution < -0.4 is 10.6 Å². The van der Waals surface area contributed by atoms with Crippen LogP contribution in [0.1, 0.15) is 31.0 Å². The minimum atomic E-state index is -0.152. The molecule has 2 N–H and O–H groups in total. The van der Waals surface area contributed by atoms with Gasteiger partial charge in [0.1, 0.15) is 0 Å². The van der Waals surface area contributed by atoms with Crippen LogP contribution in [-0.2, 0) is 11.3 Å². The fourth-order valence-corrected chi connectivity index (χ4v) is 2.86. The van der Waals surface area contributed by atoms with Crippen LogP contribution in [0.2, 0.25) is 0 Å². The number of carbonyl (C=O) groups is 2. The summed E-state index contributed by atoms with van der Waals surface area (Å²) in [4.78, 5) is 25.0. The molecule has 6 heteroatoms. The molecule has 1 atom stereocenters. The van der Waals surface area contributed by atoms with E-state index in [4.69, 9.17) is 0 Å². The lowest BCUT2D eigenvalue weighted by atomic mass is 10.1. The highest BCUT2D eigenvalue weighted by Crippen LogP contribution is 2.18. The molecule has 2 aromatic rings. The van der Waals surface area contributed by atoms with Gasteiger partial charge in [0.15, 0.2) is 0 Å². The van der Waals surface area contributed by atoms with Gasteiger partial charge < -0.3 is 15.5 Å². The summed E-state index contributed by atoms with van der Waals surface area (Å²) in [7, 11) is 1.77. The molecular weight excluding hydrogens is 310 g/mol. The van der Waals surface area contributed by atoms with Crippen molar-refractivity contribution < 1.29 is 9.59 Å². The van der Waals surface area contributed by atoms with Crippen molar-refractivity contribution in [2.75, 3.05) is 12.4 Å². The number of amides is 3. The van der Waals surface area contributed by atoms with E-state index in [1.165, 1.54) is 6.92 Å². The molecule has 0 aliphatic rings. The van der Waals surface area contributed by atoms with E-state index in [-0.39, 0.29) is 18.0 Å². The predicted molar refractivity (Wildman–Crippen MR) is 93.5 cm³/mol. The predicted octanol–water partition coefficient (Wildman–Crippen LogP) is 3.61. The van der Waals surface area contributed by atoms with Crippen molar-refractivity contribution in [3.8, 4) is 0 Å². The number of carbonyl (C=O) groups excluding carboxylic acids is 2. The highest BCUT2D eigenvalue weighted by molar-refractivity contribution is 7.07. The van der Waals surface area contributed by atoms with Crippen LogP contribution in [0.25, 0.3) is 0 Å². The molecule has 1 aromatic heterocycles. The van der Waals surface area contributed by atoms with Gasteiger partial charge in [0.05, 0.1) is 6.04 Å². The van der Waals surface area contributed by atoms with Gasteiger partial charge in [-0.25, -0.2) is 4.79 Å². The van der Waals surface area contributed by atoms with E-state index in [0.717, 1.165) is 16.8 Å². The molecule has 0 saturated carbocycles. The zero-order valence-electron chi connectivity index (χ0n) is 13.5. The standard InChI is InChI=1S/C17H21N3O2S/c1-12(15-5-4-6-16(9-15)19-13(2)21)18-17(22)20(3)10-14-7-8-23-11-14/h4-9,11-12H,10H2,1-3H3,(H,18,22)(H,19,21). The van der Waals surface area contributed by atoms with Crippen molar-refractivity contribution in [3.63, 3.8) is 0 Å². The number of nitrogens with zero attached hydrogens (tertiary/aromatic N) is 1. The van der Waals surface area contributed by atoms with Crippen molar-refractivity contribution in [3.05, 3.63) is 52.2 Å². The van der Waals surface area contributed by atoms with Crippen LogP contribution in [0.5, 0.6) is 0 Å². The first kappa shape index (κ1) is 17.0. The third kappa shape index (κ3) is 5.10. The Balaban J connectivity index is 1.96. The SMILES string of the molecule is CC(=O)Nc1cccc(C(C)NC(=O)N(C)Cc2ccsc2)c1. The monoisotopic (exact) mass is 331 g/mol. The van der Waals surface area contributed by atoms with Crippen LogP contribution in [0, 0.1) is 0 Å². The number of benzene rings is 1. The van der Waals surface area contributed by atoms with Gasteiger partial charge in [0.25, 0.3) is 0 Å². The minimum Gasteiger partial charge on any atom is -0.331 e. The zero-order valence-corrected chi connectivity index (χ0v) is 14.3. The Morgan fingerprint density at radius 2 is 2.09 bits per heavy atom. The van der Waals surface area contributed by atoms with Gasteiger partial charge in [-0.15, -0.1) is 0 Å². The highest BCUT2D eigenvalue weighted by Gasteiger charge is 2.14. The summed E-state index contributed by atoms with van der Waals surface area (Å²) >= 11 is 1.62. The van der Waals surface area contributed by atoms with Crippen molar-refractivity contribution >= 4 is 29.0 Å². The Labute approximate surface area is 140 Å². The molecule has 1 heterocycles. The average molecular weight is 331 g/mol. The summed E-state index contributed by atoms with van der Waals surface area (Å²) in [6.45, 7) is 3.97. The maximum absolute atomic E-state index is 12.3. The smallest absolute Gasteiger partial charge is 0.317 e. The van der Waals surface area contributed by atoms with E-state index < -0.39 is 0 Å². The van der Waals surface area contributed by atoms with Gasteiger partial charge in [-0.3, -0.25) is 4.79 Å². The molecule has 0 radical (unpaired) electrons. The molecule has 3 amide bonds. The second kappa shape index (κ2) is 7.78. The van der Waals surface area contributed by atoms with Crippen LogP contribution in [0.4, 0.5) is 10.5 Å². The molecule has 0 fully saturated rings. The van der Waals surface area contributed by atoms with E-state index in [9.17, 15) is 9.59 Å². The van der Waals surface area contributed by atoms with Gasteiger partial charge in [-0.2, -0.15) is 11.3 Å². The molecule has 1 aromatic carbocycles. The first-order chi connectivity index (χ1) is 11.0. The largest absolute Gasteiger partial charge is 0.331 e. The maximum atomic E-state index is 12.3. The molecule has 2 rings (SSSR count). The highest BCUT2D eigenvalue weighted by atomic mass is 32.1. The van der Waals surface area contributed by atoms with Gasteiger partial charge in [-0.05, 0) is 47.0 Å². The van der Waals surface area contributed by atoms with Crippen molar-refractivity contribution in [2.45, 2.75) is 26.4 Å². The molecule has 23 heavy (non-hydrogen) atoms. The van der Waals surface area contributed by atoms with Gasteiger partial charge >= 0.3 is 6.03 Å². The normalized spacial score (nSPS) is 11.6. The van der Waals surface area contributed by atoms with Gasteiger partial charge in [-0.1, -0.05) is 12.1 Å². The molecule has 122 valence electrons. The first-order valence-electron chi connectivity index (χ1n) is 7.36. The van der Waals surface area contributed by atoms with E-state index in [1.807, 2.05) is 48.0 Å². The fraction of sp³-hybridized carbons (Fsp3) is 0.294. The molecule has 0 bridgehead atoms. The number of nitrogens with one attached hydrogen (secondary N) is 2. The maximum Gasteiger partial charge on any atom is 0.317 e. The molecule has 0 aliphatic heterocycles. The third-order valence-electron chi connectivity index (χ3n) is 3.39. The Morgan fingerprint density at radius 1 is 1.30 bits per heavy atom. The molecule has 5 nitrogen and oxygen atoms in total. The summed E-state index contributed by atoms with van der Waals surface area (Å²) in [6, 6.07) is 9.20. The first-order valence-corrected chi connectivity index (χ1v) is 8.30. The average Bonchev–Trinajstić information content (AvgIpc) is 2.99. The summed E-state index contributed by atoms with van der Waals surface area (Å²) in [5.74, 6) is -0.116. The third-order valence-corrected chi connectivity index (χ3v) is 4.13. The summed E-state index contributed by atoms with van der Waals surface area (Å²) in [6.07, 6.45) is 0. The van der Waals surface area contributed by atoms with Crippen molar-refractivity contribution in [1.29, 1.82) is 0 Å². The number of urea groups is 1. The quantitative estimate of drug-likeness (QED) is 0.879. The van der Waals surface area contributed by atoms with E-state index in [0.29, 0.717) is 6.54 Å². The number of rotatable bonds is 5. The van der Waals surface area contributed by atoms with Crippen LogP contribution in [0.3, 0.4) is 0 Å². The van der Waals surface area contributed by atoms with E-state index in [2.05, 4.69) is 10.6 Å². The Kier molecular flexibility index (Phi) is 5.76. The second-order valence-corrected chi connectivity index (χ2v) is 6.25. The lowest BCUT2D eigenvalue weighted by Gasteiger charge is -2.21. The van der Waals surface area contributed by atoms with Crippen LogP contribution in [0.15, 0.2) is 41.1 Å². The molecule has 0 saturated heterocycles. The molecule has 1 unspecified atom stereocenters. The Hall–Kier alpha value is -2.34. The fourth-order valence-electron chi connectivity index (χ4n) is 2.20. The Morgan fingerprint density at radius 3 is 2.74 bits per heavy atom. The zero-order chi connectivity index (χ0) is 16.8. The lowest BCUT2D eigenvalue weighted by molar-refractivity contribution is -0.114. The second-order valence-electron chi connectivity index (χ2n) is 5.47. The topological polar surface area (TPSA) is 61.4 Å². The summed E-state index contributed by atoms with van der Waals surface area (Å²) in [5, 5.41) is 9.74. The number of hydrogen-bond acceptors (Lipinski definition) is 3. The minimum absolute atomic E-state index is 0.116. The number of anilines is 1. The summed E-state index contributed by atoms with van der Waals surface area (Å²) in [5.41, 5.74) is 2.78. The number of hydrogen-bond donors (Lipinski definition) is 2. The molecule has 0 aliphatic carbocycles. The van der Waals surface area contributed by atoms with Gasteiger partial charge in [0.2, 0.25) is 5.91 Å². The van der Waals surface area contributed by atoms with Crippen molar-refractivity contribution in [2.24, 2.45) is 0 Å². The van der Waals surface area contributed by atoms with Crippen LogP contribution >= 0.6 is 11.3 Å². The number of thiophene rings is 1. The Bertz CT molecular complexity index is 670. The molecule has 0 spiro atoms. The van der Waals surface area contributed by atoms with Crippen LogP contribution in [-0.4, -0.2) is 23.9 Å². The van der Waals surface area contributed by atoms with E-state index in [1.54, 1.807) is 23.3 Å². The lowest BCUT2D eigenvalue weighted by Crippen LogP contribution is -2.38. The summed E-state index contributed by atoms with van der Waals surface area (Å²) < 4.78 is 0. The van der Waals surface area contributed by atoms with Crippen molar-refractivity contribution in [1.82, 2.24) is 10.2 Å².